The van der Waals surface area contributed by atoms with Crippen molar-refractivity contribution in [2.45, 2.75) is 27.7 Å². The number of alkyl halides is 6. The number of aliphatic carboxylic acids is 1. The average molecular weight is 594 g/mol. The molecule has 3 rings (SSSR count). The van der Waals surface area contributed by atoms with Crippen LogP contribution in [0.15, 0.2) is 76.5 Å². The van der Waals surface area contributed by atoms with E-state index in [1.54, 1.807) is 0 Å². The Morgan fingerprint density at radius 3 is 1.85 bits per heavy atom. The molecule has 0 atom stereocenters. The number of benzene rings is 3. The molecule has 39 heavy (non-hydrogen) atoms. The first-order valence-electron chi connectivity index (χ1n) is 9.87. The standard InChI is InChI=1S/C24H14F8O4S.2Na/c25-14-3-1-12(2-4-14)19(11-21(34)35)18-6-5-16(10-20(18)33)37-17-8-13(7-15(26)9-17)22(36,23(27,28)29)24(30,31)32;;/h1-11,33,36H,(H,34,35);;/q;2*+1/p-2/b19-11-;;. The minimum absolute atomic E-state index is 0. The Kier molecular flexibility index (Phi) is 12.2. The molecule has 15 heteroatoms. The maximum Gasteiger partial charge on any atom is 1.00 e. The van der Waals surface area contributed by atoms with Gasteiger partial charge in [0.15, 0.2) is 0 Å². The van der Waals surface area contributed by atoms with Gasteiger partial charge in [-0.25, -0.2) is 8.78 Å². The van der Waals surface area contributed by atoms with Gasteiger partial charge in [0.25, 0.3) is 5.60 Å². The molecule has 1 N–H and O–H groups in total. The molecule has 3 aromatic carbocycles. The Bertz CT molecular complexity index is 1350. The summed E-state index contributed by atoms with van der Waals surface area (Å²) in [5.41, 5.74) is -7.38. The second-order valence-electron chi connectivity index (χ2n) is 7.53. The molecule has 0 aliphatic carbocycles. The molecular weight excluding hydrogens is 582 g/mol. The summed E-state index contributed by atoms with van der Waals surface area (Å²) in [4.78, 5) is 10.6. The largest absolute Gasteiger partial charge is 1.00 e. The SMILES string of the molecule is O=C([O-])/C=C(/c1ccc(F)cc1)c1ccc(Sc2cc(F)cc(C(O)(C(F)(F)F)C(F)(F)F)c2)cc1[O-].[Na+].[Na+]. The van der Waals surface area contributed by atoms with Crippen molar-refractivity contribution < 1.29 is 114 Å². The van der Waals surface area contributed by atoms with E-state index in [-0.39, 0.29) is 92.8 Å². The summed E-state index contributed by atoms with van der Waals surface area (Å²) < 4.78 is 106. The molecule has 0 saturated carbocycles. The van der Waals surface area contributed by atoms with Crippen molar-refractivity contribution >= 4 is 23.3 Å². The molecule has 0 bridgehead atoms. The summed E-state index contributed by atoms with van der Waals surface area (Å²) in [5.74, 6) is -4.64. The van der Waals surface area contributed by atoms with E-state index in [1.807, 2.05) is 0 Å². The van der Waals surface area contributed by atoms with Gasteiger partial charge >= 0.3 is 71.5 Å². The van der Waals surface area contributed by atoms with Crippen molar-refractivity contribution in [2.75, 3.05) is 0 Å². The molecule has 0 aliphatic heterocycles. The summed E-state index contributed by atoms with van der Waals surface area (Å²) in [5, 5.41) is 33.4. The fraction of sp³-hybridized carbons (Fsp3) is 0.125. The molecule has 0 radical (unpaired) electrons. The summed E-state index contributed by atoms with van der Waals surface area (Å²) in [6, 6.07) is 8.38. The van der Waals surface area contributed by atoms with E-state index < -0.39 is 51.8 Å². The molecule has 0 spiro atoms. The molecule has 196 valence electrons. The van der Waals surface area contributed by atoms with Crippen LogP contribution in [0.5, 0.6) is 5.75 Å². The Morgan fingerprint density at radius 1 is 0.795 bits per heavy atom. The van der Waals surface area contributed by atoms with E-state index in [0.717, 1.165) is 24.3 Å². The number of carboxylic acids is 1. The summed E-state index contributed by atoms with van der Waals surface area (Å²) in [6.45, 7) is 0. The van der Waals surface area contributed by atoms with E-state index in [9.17, 15) is 55.2 Å². The first-order valence-corrected chi connectivity index (χ1v) is 10.7. The van der Waals surface area contributed by atoms with Gasteiger partial charge in [-0.15, -0.1) is 0 Å². The van der Waals surface area contributed by atoms with E-state index in [0.29, 0.717) is 23.9 Å². The molecule has 0 aliphatic rings. The van der Waals surface area contributed by atoms with Crippen LogP contribution in [0, 0.1) is 11.6 Å². The van der Waals surface area contributed by atoms with Gasteiger partial charge in [0, 0.05) is 15.4 Å². The first kappa shape index (κ1) is 35.4. The number of carbonyl (C=O) groups excluding carboxylic acids is 1. The molecule has 0 aromatic heterocycles. The second kappa shape index (κ2) is 13.4. The third kappa shape index (κ3) is 8.00. The Balaban J connectivity index is 0.00000380. The minimum Gasteiger partial charge on any atom is -0.872 e. The topological polar surface area (TPSA) is 83.4 Å². The number of carboxylic acid groups (broad SMARTS) is 1. The van der Waals surface area contributed by atoms with Crippen LogP contribution in [0.3, 0.4) is 0 Å². The van der Waals surface area contributed by atoms with Gasteiger partial charge in [-0.1, -0.05) is 41.8 Å². The number of halogens is 8. The number of aliphatic hydroxyl groups is 1. The molecule has 0 amide bonds. The Hall–Kier alpha value is -1.58. The van der Waals surface area contributed by atoms with Crippen LogP contribution in [0.1, 0.15) is 16.7 Å². The maximum atomic E-state index is 14.0. The average Bonchev–Trinajstić information content (AvgIpc) is 2.76. The predicted molar refractivity (Wildman–Crippen MR) is 111 cm³/mol. The zero-order valence-electron chi connectivity index (χ0n) is 20.0. The Labute approximate surface area is 264 Å². The smallest absolute Gasteiger partial charge is 0.872 e. The van der Waals surface area contributed by atoms with Crippen LogP contribution < -0.4 is 69.3 Å². The molecule has 3 aromatic rings. The van der Waals surface area contributed by atoms with Gasteiger partial charge in [0.1, 0.15) is 11.6 Å². The number of rotatable bonds is 6. The van der Waals surface area contributed by atoms with Crippen molar-refractivity contribution in [1.82, 2.24) is 0 Å². The second-order valence-corrected chi connectivity index (χ2v) is 8.67. The molecular formula is C24H12F8Na2O4S. The van der Waals surface area contributed by atoms with Crippen LogP contribution >= 0.6 is 11.8 Å². The van der Waals surface area contributed by atoms with E-state index in [4.69, 9.17) is 0 Å². The van der Waals surface area contributed by atoms with Crippen LogP contribution in [-0.4, -0.2) is 23.4 Å². The number of carbonyl (C=O) groups is 1. The molecule has 0 heterocycles. The van der Waals surface area contributed by atoms with Crippen LogP contribution in [0.2, 0.25) is 0 Å². The van der Waals surface area contributed by atoms with Gasteiger partial charge in [-0.3, -0.25) is 0 Å². The number of hydrogen-bond acceptors (Lipinski definition) is 5. The van der Waals surface area contributed by atoms with Crippen LogP contribution in [-0.2, 0) is 10.4 Å². The Morgan fingerprint density at radius 2 is 1.36 bits per heavy atom. The maximum absolute atomic E-state index is 14.0. The molecule has 0 fully saturated rings. The van der Waals surface area contributed by atoms with E-state index in [2.05, 4.69) is 0 Å². The van der Waals surface area contributed by atoms with E-state index in [1.165, 1.54) is 18.2 Å². The van der Waals surface area contributed by atoms with Crippen molar-refractivity contribution in [3.8, 4) is 5.75 Å². The van der Waals surface area contributed by atoms with Gasteiger partial charge in [-0.05, 0) is 59.2 Å². The van der Waals surface area contributed by atoms with Crippen LogP contribution in [0.25, 0.3) is 5.57 Å². The summed E-state index contributed by atoms with van der Waals surface area (Å²) in [7, 11) is 0. The van der Waals surface area contributed by atoms with Crippen LogP contribution in [0.4, 0.5) is 35.1 Å². The van der Waals surface area contributed by atoms with Gasteiger partial charge in [0.05, 0.1) is 5.97 Å². The number of hydrogen-bond donors (Lipinski definition) is 1. The molecule has 0 unspecified atom stereocenters. The van der Waals surface area contributed by atoms with Gasteiger partial charge in [0.2, 0.25) is 0 Å². The fourth-order valence-corrected chi connectivity index (χ4v) is 4.24. The zero-order valence-corrected chi connectivity index (χ0v) is 24.8. The minimum atomic E-state index is -6.23. The molecule has 4 nitrogen and oxygen atoms in total. The molecule has 0 saturated heterocycles. The predicted octanol–water partition coefficient (Wildman–Crippen LogP) is -1.31. The van der Waals surface area contributed by atoms with Gasteiger partial charge < -0.3 is 20.1 Å². The normalized spacial score (nSPS) is 12.4. The van der Waals surface area contributed by atoms with Crippen molar-refractivity contribution in [2.24, 2.45) is 0 Å². The fourth-order valence-electron chi connectivity index (χ4n) is 3.31. The van der Waals surface area contributed by atoms with E-state index >= 15 is 0 Å². The first-order chi connectivity index (χ1) is 17.0. The monoisotopic (exact) mass is 594 g/mol. The van der Waals surface area contributed by atoms with Crippen molar-refractivity contribution in [3.63, 3.8) is 0 Å². The van der Waals surface area contributed by atoms with Crippen molar-refractivity contribution in [3.05, 3.63) is 95.1 Å². The summed E-state index contributed by atoms with van der Waals surface area (Å²) in [6.07, 6.45) is -11.9. The third-order valence-electron chi connectivity index (χ3n) is 5.01. The summed E-state index contributed by atoms with van der Waals surface area (Å²) >= 11 is 0.416. The van der Waals surface area contributed by atoms with Gasteiger partial charge in [-0.2, -0.15) is 26.3 Å². The quantitative estimate of drug-likeness (QED) is 0.218. The third-order valence-corrected chi connectivity index (χ3v) is 5.97. The zero-order chi connectivity index (χ0) is 27.8. The van der Waals surface area contributed by atoms with Crippen molar-refractivity contribution in [1.29, 1.82) is 0 Å².